The number of aromatic nitrogens is 2. The Bertz CT molecular complexity index is 772. The fraction of sp³-hybridized carbons (Fsp3) is 0.500. The summed E-state index contributed by atoms with van der Waals surface area (Å²) in [7, 11) is 6.11. The molecule has 1 aliphatic rings. The summed E-state index contributed by atoms with van der Waals surface area (Å²) in [6.45, 7) is 6.58. The van der Waals surface area contributed by atoms with Gasteiger partial charge in [0.1, 0.15) is 0 Å². The van der Waals surface area contributed by atoms with Crippen LogP contribution >= 0.6 is 24.0 Å². The van der Waals surface area contributed by atoms with Crippen LogP contribution in [0.3, 0.4) is 0 Å². The van der Waals surface area contributed by atoms with Gasteiger partial charge in [-0.3, -0.25) is 4.99 Å². The molecule has 2 aromatic rings. The summed E-state index contributed by atoms with van der Waals surface area (Å²) in [5, 5.41) is 3.59. The molecule has 0 spiro atoms. The Kier molecular flexibility index (Phi) is 9.77. The van der Waals surface area contributed by atoms with Crippen molar-refractivity contribution in [3.63, 3.8) is 0 Å². The highest BCUT2D eigenvalue weighted by Crippen LogP contribution is 2.18. The number of nitrogens with zero attached hydrogens (tertiary/aromatic N) is 6. The van der Waals surface area contributed by atoms with Gasteiger partial charge in [0.25, 0.3) is 0 Å². The van der Waals surface area contributed by atoms with Crippen LogP contribution in [-0.2, 0) is 6.42 Å². The van der Waals surface area contributed by atoms with Gasteiger partial charge in [-0.1, -0.05) is 31.2 Å². The van der Waals surface area contributed by atoms with Crippen molar-refractivity contribution >= 4 is 35.9 Å². The fourth-order valence-corrected chi connectivity index (χ4v) is 3.67. The lowest BCUT2D eigenvalue weighted by molar-refractivity contribution is 0.292. The van der Waals surface area contributed by atoms with E-state index in [0.29, 0.717) is 0 Å². The average molecular weight is 523 g/mol. The van der Waals surface area contributed by atoms with E-state index >= 15 is 0 Å². The van der Waals surface area contributed by atoms with Gasteiger partial charge in [-0.25, -0.2) is 9.97 Å². The van der Waals surface area contributed by atoms with Crippen molar-refractivity contribution in [3.8, 4) is 0 Å². The SMILES string of the molecule is CCc1ccc(C(CNC(=NC)N2CCN(c3ncccn3)CC2)N(C)C)cc1.I. The molecule has 2 heterocycles. The molecule has 1 N–H and O–H groups in total. The van der Waals surface area contributed by atoms with Crippen LogP contribution in [0.5, 0.6) is 0 Å². The normalized spacial score (nSPS) is 15.7. The zero-order valence-corrected chi connectivity index (χ0v) is 20.8. The van der Waals surface area contributed by atoms with E-state index in [2.05, 4.69) is 80.3 Å². The predicted octanol–water partition coefficient (Wildman–Crippen LogP) is 2.66. The lowest BCUT2D eigenvalue weighted by Crippen LogP contribution is -2.53. The van der Waals surface area contributed by atoms with Gasteiger partial charge in [0.05, 0.1) is 6.04 Å². The molecule has 0 amide bonds. The molecule has 7 nitrogen and oxygen atoms in total. The minimum absolute atomic E-state index is 0. The van der Waals surface area contributed by atoms with Gasteiger partial charge in [0, 0.05) is 52.2 Å². The third kappa shape index (κ3) is 6.28. The summed E-state index contributed by atoms with van der Waals surface area (Å²) >= 11 is 0. The lowest BCUT2D eigenvalue weighted by atomic mass is 10.0. The van der Waals surface area contributed by atoms with E-state index in [0.717, 1.165) is 51.1 Å². The Labute approximate surface area is 197 Å². The first-order valence-corrected chi connectivity index (χ1v) is 10.3. The molecule has 0 saturated carbocycles. The summed E-state index contributed by atoms with van der Waals surface area (Å²) in [5.74, 6) is 1.76. The summed E-state index contributed by atoms with van der Waals surface area (Å²) in [4.78, 5) is 20.0. The van der Waals surface area contributed by atoms with Crippen molar-refractivity contribution in [1.82, 2.24) is 25.1 Å². The van der Waals surface area contributed by atoms with Gasteiger partial charge >= 0.3 is 0 Å². The van der Waals surface area contributed by atoms with E-state index < -0.39 is 0 Å². The monoisotopic (exact) mass is 523 g/mol. The van der Waals surface area contributed by atoms with E-state index in [9.17, 15) is 0 Å². The Balaban J connectivity index is 0.00000320. The number of rotatable bonds is 6. The summed E-state index contributed by atoms with van der Waals surface area (Å²) in [6.07, 6.45) is 4.66. The smallest absolute Gasteiger partial charge is 0.225 e. The van der Waals surface area contributed by atoms with Crippen LogP contribution < -0.4 is 10.2 Å². The molecule has 30 heavy (non-hydrogen) atoms. The van der Waals surface area contributed by atoms with Crippen molar-refractivity contribution in [1.29, 1.82) is 0 Å². The molecule has 8 heteroatoms. The number of likely N-dealkylation sites (N-methyl/N-ethyl adjacent to an activating group) is 1. The number of halogens is 1. The van der Waals surface area contributed by atoms with Gasteiger partial charge in [-0.15, -0.1) is 24.0 Å². The van der Waals surface area contributed by atoms with Gasteiger partial charge in [0.2, 0.25) is 5.95 Å². The maximum atomic E-state index is 4.53. The molecule has 0 aliphatic carbocycles. The molecule has 164 valence electrons. The minimum Gasteiger partial charge on any atom is -0.354 e. The number of nitrogens with one attached hydrogen (secondary N) is 1. The number of guanidine groups is 1. The molecule has 0 bridgehead atoms. The average Bonchev–Trinajstić information content (AvgIpc) is 2.77. The Morgan fingerprint density at radius 3 is 2.27 bits per heavy atom. The highest BCUT2D eigenvalue weighted by atomic mass is 127. The van der Waals surface area contributed by atoms with Gasteiger partial charge < -0.3 is 20.0 Å². The van der Waals surface area contributed by atoms with Crippen molar-refractivity contribution in [2.45, 2.75) is 19.4 Å². The molecular weight excluding hydrogens is 489 g/mol. The van der Waals surface area contributed by atoms with Crippen LogP contribution in [0.4, 0.5) is 5.95 Å². The molecule has 3 rings (SSSR count). The number of hydrogen-bond donors (Lipinski definition) is 1. The zero-order chi connectivity index (χ0) is 20.6. The van der Waals surface area contributed by atoms with Crippen LogP contribution in [0.2, 0.25) is 0 Å². The van der Waals surface area contributed by atoms with Crippen molar-refractivity contribution in [2.24, 2.45) is 4.99 Å². The maximum absolute atomic E-state index is 4.53. The quantitative estimate of drug-likeness (QED) is 0.357. The Hall–Kier alpha value is -1.94. The summed E-state index contributed by atoms with van der Waals surface area (Å²) in [6, 6.07) is 11.1. The summed E-state index contributed by atoms with van der Waals surface area (Å²) in [5.41, 5.74) is 2.69. The van der Waals surface area contributed by atoms with Crippen LogP contribution in [-0.4, -0.2) is 79.6 Å². The van der Waals surface area contributed by atoms with Crippen molar-refractivity contribution in [2.75, 3.05) is 58.8 Å². The van der Waals surface area contributed by atoms with E-state index in [1.54, 1.807) is 12.4 Å². The number of aliphatic imine (C=N–C) groups is 1. The second-order valence-corrected chi connectivity index (χ2v) is 7.53. The fourth-order valence-electron chi connectivity index (χ4n) is 3.67. The van der Waals surface area contributed by atoms with Crippen LogP contribution in [0.25, 0.3) is 0 Å². The Morgan fingerprint density at radius 1 is 1.10 bits per heavy atom. The maximum Gasteiger partial charge on any atom is 0.225 e. The predicted molar refractivity (Wildman–Crippen MR) is 135 cm³/mol. The largest absolute Gasteiger partial charge is 0.354 e. The number of aryl methyl sites for hydroxylation is 1. The highest BCUT2D eigenvalue weighted by molar-refractivity contribution is 14.0. The first-order chi connectivity index (χ1) is 14.1. The van der Waals surface area contributed by atoms with Gasteiger partial charge in [0.15, 0.2) is 5.96 Å². The van der Waals surface area contributed by atoms with Crippen LogP contribution in [0, 0.1) is 0 Å². The molecule has 1 fully saturated rings. The molecule has 1 aromatic carbocycles. The van der Waals surface area contributed by atoms with Crippen LogP contribution in [0.15, 0.2) is 47.7 Å². The van der Waals surface area contributed by atoms with E-state index in [1.807, 2.05) is 13.1 Å². The van der Waals surface area contributed by atoms with Crippen LogP contribution in [0.1, 0.15) is 24.1 Å². The topological polar surface area (TPSA) is 59.9 Å². The molecule has 1 atom stereocenters. The molecule has 1 unspecified atom stereocenters. The summed E-state index contributed by atoms with van der Waals surface area (Å²) < 4.78 is 0. The third-order valence-electron chi connectivity index (χ3n) is 5.48. The molecule has 1 aromatic heterocycles. The second kappa shape index (κ2) is 12.0. The highest BCUT2D eigenvalue weighted by Gasteiger charge is 2.22. The number of benzene rings is 1. The number of hydrogen-bond acceptors (Lipinski definition) is 5. The molecule has 0 radical (unpaired) electrons. The number of piperazine rings is 1. The van der Waals surface area contributed by atoms with E-state index in [4.69, 9.17) is 0 Å². The minimum atomic E-state index is 0. The van der Waals surface area contributed by atoms with Crippen molar-refractivity contribution in [3.05, 3.63) is 53.9 Å². The molecule has 1 aliphatic heterocycles. The van der Waals surface area contributed by atoms with E-state index in [1.165, 1.54) is 11.1 Å². The third-order valence-corrected chi connectivity index (χ3v) is 5.48. The Morgan fingerprint density at radius 2 is 1.73 bits per heavy atom. The number of anilines is 1. The standard InChI is InChI=1S/C22H33N7.HI/c1-5-18-7-9-19(10-8-18)20(27(3)4)17-26-21(23-2)28-13-15-29(16-14-28)22-24-11-6-12-25-22;/h6-12,20H,5,13-17H2,1-4H3,(H,23,26);1H. The molecule has 1 saturated heterocycles. The lowest BCUT2D eigenvalue weighted by Gasteiger charge is -2.37. The second-order valence-electron chi connectivity index (χ2n) is 7.53. The van der Waals surface area contributed by atoms with Crippen molar-refractivity contribution < 1.29 is 0 Å². The van der Waals surface area contributed by atoms with Gasteiger partial charge in [-0.2, -0.15) is 0 Å². The van der Waals surface area contributed by atoms with Gasteiger partial charge in [-0.05, 0) is 37.7 Å². The first kappa shape index (κ1) is 24.3. The zero-order valence-electron chi connectivity index (χ0n) is 18.5. The van der Waals surface area contributed by atoms with E-state index in [-0.39, 0.29) is 30.0 Å². The molecular formula is C22H34IN7. The first-order valence-electron chi connectivity index (χ1n) is 10.3.